The van der Waals surface area contributed by atoms with Gasteiger partial charge in [-0.3, -0.25) is 0 Å². The van der Waals surface area contributed by atoms with E-state index in [1.54, 1.807) is 28.6 Å². The molecular weight excluding hydrogens is 192 g/mol. The Balaban J connectivity index is 2.59. The molecular formula is C11H11N2O2+. The van der Waals surface area contributed by atoms with Gasteiger partial charge in [0.1, 0.15) is 18.1 Å². The highest BCUT2D eigenvalue weighted by Gasteiger charge is 2.23. The van der Waals surface area contributed by atoms with Gasteiger partial charge in [-0.15, -0.1) is 0 Å². The van der Waals surface area contributed by atoms with Crippen LogP contribution in [-0.2, 0) is 7.05 Å². The van der Waals surface area contributed by atoms with Gasteiger partial charge in [-0.1, -0.05) is 18.2 Å². The van der Waals surface area contributed by atoms with Crippen molar-refractivity contribution in [1.82, 2.24) is 4.57 Å². The molecule has 0 radical (unpaired) electrons. The van der Waals surface area contributed by atoms with Crippen molar-refractivity contribution in [1.29, 1.82) is 0 Å². The number of para-hydroxylation sites is 1. The summed E-state index contributed by atoms with van der Waals surface area (Å²) in [5.74, 6) is -0.701. The lowest BCUT2D eigenvalue weighted by Gasteiger charge is -1.97. The summed E-state index contributed by atoms with van der Waals surface area (Å²) >= 11 is 0. The topological polar surface area (TPSA) is 46.1 Å². The molecule has 1 aromatic heterocycles. The summed E-state index contributed by atoms with van der Waals surface area (Å²) in [7, 11) is 1.71. The summed E-state index contributed by atoms with van der Waals surface area (Å²) in [6.07, 6.45) is 3.45. The number of benzene rings is 1. The Kier molecular flexibility index (Phi) is 2.25. The number of carbonyl (C=O) groups is 1. The third kappa shape index (κ3) is 1.61. The van der Waals surface area contributed by atoms with Crippen molar-refractivity contribution in [2.75, 3.05) is 0 Å². The van der Waals surface area contributed by atoms with Crippen LogP contribution in [0.25, 0.3) is 5.69 Å². The maximum atomic E-state index is 11.0. The van der Waals surface area contributed by atoms with E-state index in [1.165, 1.54) is 0 Å². The number of carboxylic acids is 1. The number of nitrogens with zero attached hydrogens (tertiary/aromatic N) is 2. The summed E-state index contributed by atoms with van der Waals surface area (Å²) in [5.41, 5.74) is 0.843. The Morgan fingerprint density at radius 1 is 1.33 bits per heavy atom. The first kappa shape index (κ1) is 9.45. The molecule has 1 N–H and O–H groups in total. The van der Waals surface area contributed by atoms with Crippen molar-refractivity contribution < 1.29 is 14.5 Å². The van der Waals surface area contributed by atoms with Crippen LogP contribution < -0.4 is 4.57 Å². The number of hydrogen-bond acceptors (Lipinski definition) is 1. The van der Waals surface area contributed by atoms with Gasteiger partial charge in [0.2, 0.25) is 0 Å². The molecule has 0 aliphatic rings. The molecule has 15 heavy (non-hydrogen) atoms. The van der Waals surface area contributed by atoms with Gasteiger partial charge in [0.25, 0.3) is 0 Å². The number of aromatic carboxylic acids is 1. The highest BCUT2D eigenvalue weighted by Crippen LogP contribution is 2.08. The van der Waals surface area contributed by atoms with Gasteiger partial charge in [0.05, 0.1) is 7.05 Å². The number of rotatable bonds is 2. The Morgan fingerprint density at radius 2 is 2.00 bits per heavy atom. The van der Waals surface area contributed by atoms with E-state index in [2.05, 4.69) is 0 Å². The van der Waals surface area contributed by atoms with E-state index in [0.717, 1.165) is 5.69 Å². The maximum absolute atomic E-state index is 11.0. The smallest absolute Gasteiger partial charge is 0.420 e. The van der Waals surface area contributed by atoms with Crippen LogP contribution in [0.2, 0.25) is 0 Å². The van der Waals surface area contributed by atoms with Gasteiger partial charge >= 0.3 is 11.8 Å². The van der Waals surface area contributed by atoms with E-state index in [4.69, 9.17) is 5.11 Å². The van der Waals surface area contributed by atoms with Crippen LogP contribution in [-0.4, -0.2) is 15.6 Å². The second kappa shape index (κ2) is 3.57. The largest absolute Gasteiger partial charge is 0.472 e. The van der Waals surface area contributed by atoms with Crippen LogP contribution in [0, 0.1) is 0 Å². The summed E-state index contributed by atoms with van der Waals surface area (Å²) in [6, 6.07) is 9.38. The average molecular weight is 203 g/mol. The molecule has 1 heterocycles. The molecule has 0 fully saturated rings. The van der Waals surface area contributed by atoms with E-state index in [9.17, 15) is 4.79 Å². The van der Waals surface area contributed by atoms with Gasteiger partial charge in [0, 0.05) is 0 Å². The average Bonchev–Trinajstić information content (AvgIpc) is 2.61. The number of imidazole rings is 1. The van der Waals surface area contributed by atoms with Gasteiger partial charge in [-0.2, -0.15) is 4.57 Å². The van der Waals surface area contributed by atoms with E-state index in [-0.39, 0.29) is 5.82 Å². The van der Waals surface area contributed by atoms with E-state index < -0.39 is 5.97 Å². The minimum Gasteiger partial charge on any atom is -0.472 e. The SMILES string of the molecule is C[n+]1ccn(-c2ccccc2)c1C(=O)O. The lowest BCUT2D eigenvalue weighted by molar-refractivity contribution is -0.673. The lowest BCUT2D eigenvalue weighted by Crippen LogP contribution is -2.34. The Labute approximate surface area is 87.0 Å². The zero-order chi connectivity index (χ0) is 10.8. The van der Waals surface area contributed by atoms with Crippen LogP contribution >= 0.6 is 0 Å². The molecule has 0 bridgehead atoms. The number of aromatic nitrogens is 2. The molecule has 0 aliphatic carbocycles. The van der Waals surface area contributed by atoms with E-state index >= 15 is 0 Å². The Hall–Kier alpha value is -2.10. The normalized spacial score (nSPS) is 10.2. The fourth-order valence-corrected chi connectivity index (χ4v) is 1.53. The van der Waals surface area contributed by atoms with Crippen LogP contribution in [0.15, 0.2) is 42.7 Å². The monoisotopic (exact) mass is 203 g/mol. The van der Waals surface area contributed by atoms with Gasteiger partial charge < -0.3 is 5.11 Å². The van der Waals surface area contributed by atoms with Crippen molar-refractivity contribution >= 4 is 5.97 Å². The minimum absolute atomic E-state index is 0.237. The highest BCUT2D eigenvalue weighted by atomic mass is 16.4. The minimum atomic E-state index is -0.939. The second-order valence-electron chi connectivity index (χ2n) is 3.24. The Bertz CT molecular complexity index is 489. The Morgan fingerprint density at radius 3 is 2.60 bits per heavy atom. The molecule has 2 aromatic rings. The summed E-state index contributed by atoms with van der Waals surface area (Å²) in [4.78, 5) is 11.0. The van der Waals surface area contributed by atoms with Crippen molar-refractivity contribution in [2.45, 2.75) is 0 Å². The van der Waals surface area contributed by atoms with Crippen molar-refractivity contribution in [3.05, 3.63) is 48.5 Å². The summed E-state index contributed by atoms with van der Waals surface area (Å²) in [5, 5.41) is 9.06. The maximum Gasteiger partial charge on any atom is 0.420 e. The first-order valence-electron chi connectivity index (χ1n) is 4.56. The highest BCUT2D eigenvalue weighted by molar-refractivity contribution is 5.82. The molecule has 4 heteroatoms. The number of carboxylic acid groups (broad SMARTS) is 1. The summed E-state index contributed by atoms with van der Waals surface area (Å²) in [6.45, 7) is 0. The molecule has 0 spiro atoms. The first-order chi connectivity index (χ1) is 7.20. The standard InChI is InChI=1S/C11H10N2O2/c1-12-7-8-13(10(12)11(14)15)9-5-3-2-4-6-9/h2-8H,1H3/p+1. The van der Waals surface area contributed by atoms with Gasteiger partial charge in [-0.25, -0.2) is 9.36 Å². The number of aryl methyl sites for hydroxylation is 1. The predicted octanol–water partition coefficient (Wildman–Crippen LogP) is 1.00. The van der Waals surface area contributed by atoms with Crippen molar-refractivity contribution in [3.63, 3.8) is 0 Å². The van der Waals surface area contributed by atoms with Crippen LogP contribution in [0.5, 0.6) is 0 Å². The van der Waals surface area contributed by atoms with Gasteiger partial charge in [0.15, 0.2) is 0 Å². The molecule has 0 amide bonds. The molecule has 0 atom stereocenters. The van der Waals surface area contributed by atoms with E-state index in [1.807, 2.05) is 30.3 Å². The second-order valence-corrected chi connectivity index (χ2v) is 3.24. The molecule has 76 valence electrons. The zero-order valence-corrected chi connectivity index (χ0v) is 8.29. The fraction of sp³-hybridized carbons (Fsp3) is 0.0909. The molecule has 0 unspecified atom stereocenters. The van der Waals surface area contributed by atoms with Crippen LogP contribution in [0.4, 0.5) is 0 Å². The molecule has 4 nitrogen and oxygen atoms in total. The quantitative estimate of drug-likeness (QED) is 0.740. The third-order valence-corrected chi connectivity index (χ3v) is 2.23. The number of hydrogen-bond donors (Lipinski definition) is 1. The predicted molar refractivity (Wildman–Crippen MR) is 53.9 cm³/mol. The molecule has 2 rings (SSSR count). The van der Waals surface area contributed by atoms with Crippen LogP contribution in [0.1, 0.15) is 10.6 Å². The van der Waals surface area contributed by atoms with Crippen molar-refractivity contribution in [3.8, 4) is 5.69 Å². The summed E-state index contributed by atoms with van der Waals surface area (Å²) < 4.78 is 3.22. The van der Waals surface area contributed by atoms with Crippen molar-refractivity contribution in [2.24, 2.45) is 7.05 Å². The van der Waals surface area contributed by atoms with Crippen LogP contribution in [0.3, 0.4) is 0 Å². The van der Waals surface area contributed by atoms with E-state index in [0.29, 0.717) is 0 Å². The molecule has 0 aliphatic heterocycles. The fourth-order valence-electron chi connectivity index (χ4n) is 1.53. The van der Waals surface area contributed by atoms with Gasteiger partial charge in [-0.05, 0) is 12.1 Å². The zero-order valence-electron chi connectivity index (χ0n) is 8.29. The first-order valence-corrected chi connectivity index (χ1v) is 4.56. The molecule has 0 saturated heterocycles. The third-order valence-electron chi connectivity index (χ3n) is 2.23. The molecule has 0 saturated carbocycles. The lowest BCUT2D eigenvalue weighted by atomic mass is 10.3. The molecule has 1 aromatic carbocycles.